The highest BCUT2D eigenvalue weighted by Crippen LogP contribution is 2.30. The highest BCUT2D eigenvalue weighted by atomic mass is 19.4. The number of halogens is 3. The maximum absolute atomic E-state index is 12.5. The van der Waals surface area contributed by atoms with E-state index < -0.39 is 17.8 Å². The molecule has 0 aromatic carbocycles. The van der Waals surface area contributed by atoms with E-state index >= 15 is 0 Å². The molecule has 1 aromatic rings. The van der Waals surface area contributed by atoms with Crippen LogP contribution in [0.15, 0.2) is 37.4 Å². The summed E-state index contributed by atoms with van der Waals surface area (Å²) in [5.41, 5.74) is -1.05. The monoisotopic (exact) mass is 257 g/mol. The fraction of sp³-hybridized carbons (Fsp3) is 0.167. The molecule has 0 aliphatic rings. The van der Waals surface area contributed by atoms with Crippen molar-refractivity contribution in [3.8, 4) is 5.75 Å². The summed E-state index contributed by atoms with van der Waals surface area (Å²) in [5.74, 6) is -0.797. The molecule has 0 saturated carbocycles. The zero-order valence-electron chi connectivity index (χ0n) is 9.33. The molecule has 6 heteroatoms. The maximum Gasteiger partial charge on any atom is 0.433 e. The van der Waals surface area contributed by atoms with Crippen molar-refractivity contribution >= 4 is 5.97 Å². The first-order valence-corrected chi connectivity index (χ1v) is 4.90. The van der Waals surface area contributed by atoms with Gasteiger partial charge in [0.25, 0.3) is 0 Å². The summed E-state index contributed by atoms with van der Waals surface area (Å²) in [6.45, 7) is 6.60. The van der Waals surface area contributed by atoms with Crippen LogP contribution in [0.2, 0.25) is 0 Å². The molecule has 0 atom stereocenters. The van der Waals surface area contributed by atoms with Crippen LogP contribution in [0.25, 0.3) is 0 Å². The Bertz CT molecular complexity index is 481. The summed E-state index contributed by atoms with van der Waals surface area (Å²) >= 11 is 0. The van der Waals surface area contributed by atoms with Crippen LogP contribution in [0.4, 0.5) is 13.2 Å². The molecule has 0 aliphatic carbocycles. The molecule has 0 radical (unpaired) electrons. The van der Waals surface area contributed by atoms with E-state index in [0.717, 1.165) is 18.2 Å². The maximum atomic E-state index is 12.5. The van der Waals surface area contributed by atoms with Crippen molar-refractivity contribution in [2.45, 2.75) is 12.6 Å². The van der Waals surface area contributed by atoms with Crippen molar-refractivity contribution in [3.05, 3.63) is 48.8 Å². The fourth-order valence-corrected chi connectivity index (χ4v) is 1.17. The Morgan fingerprint density at radius 1 is 1.39 bits per heavy atom. The van der Waals surface area contributed by atoms with Crippen LogP contribution >= 0.6 is 0 Å². The van der Waals surface area contributed by atoms with Crippen LogP contribution in [0.1, 0.15) is 11.4 Å². The number of hydrogen-bond donors (Lipinski definition) is 0. The van der Waals surface area contributed by atoms with E-state index in [2.05, 4.69) is 18.1 Å². The molecular formula is C12H10F3NO2. The molecule has 0 bridgehead atoms. The summed E-state index contributed by atoms with van der Waals surface area (Å²) in [6.07, 6.45) is -2.20. The molecule has 0 aliphatic heterocycles. The Balaban J connectivity index is 3.15. The molecule has 0 N–H and O–H groups in total. The van der Waals surface area contributed by atoms with E-state index in [1.54, 1.807) is 0 Å². The average Bonchev–Trinajstić information content (AvgIpc) is 2.30. The highest BCUT2D eigenvalue weighted by molar-refractivity contribution is 5.83. The molecule has 1 rings (SSSR count). The van der Waals surface area contributed by atoms with E-state index in [4.69, 9.17) is 4.74 Å². The minimum Gasteiger partial charge on any atom is -0.421 e. The molecule has 0 amide bonds. The number of carbonyl (C=O) groups is 1. The summed E-state index contributed by atoms with van der Waals surface area (Å²) in [4.78, 5) is 14.4. The van der Waals surface area contributed by atoms with Gasteiger partial charge in [0.2, 0.25) is 0 Å². The van der Waals surface area contributed by atoms with E-state index in [9.17, 15) is 18.0 Å². The number of hydrogen-bond acceptors (Lipinski definition) is 3. The minimum absolute atomic E-state index is 0.00461. The Morgan fingerprint density at radius 2 is 2.06 bits per heavy atom. The Morgan fingerprint density at radius 3 is 2.56 bits per heavy atom. The van der Waals surface area contributed by atoms with Gasteiger partial charge in [0.1, 0.15) is 5.69 Å². The molecule has 0 spiro atoms. The minimum atomic E-state index is -4.54. The number of alkyl halides is 3. The van der Waals surface area contributed by atoms with Crippen LogP contribution in [-0.4, -0.2) is 11.0 Å². The summed E-state index contributed by atoms with van der Waals surface area (Å²) < 4.78 is 42.1. The van der Waals surface area contributed by atoms with Crippen LogP contribution in [-0.2, 0) is 17.4 Å². The van der Waals surface area contributed by atoms with Gasteiger partial charge in [-0.15, -0.1) is 6.58 Å². The van der Waals surface area contributed by atoms with Crippen LogP contribution in [0.3, 0.4) is 0 Å². The third kappa shape index (κ3) is 3.44. The molecule has 0 fully saturated rings. The molecule has 3 nitrogen and oxygen atoms in total. The number of carbonyl (C=O) groups excluding carboxylic acids is 1. The van der Waals surface area contributed by atoms with Gasteiger partial charge in [-0.3, -0.25) is 0 Å². The second kappa shape index (κ2) is 5.48. The quantitative estimate of drug-likeness (QED) is 0.473. The number of ether oxygens (including phenoxy) is 1. The lowest BCUT2D eigenvalue weighted by atomic mass is 10.2. The molecule has 1 heterocycles. The van der Waals surface area contributed by atoms with Gasteiger partial charge in [0, 0.05) is 12.5 Å². The molecular weight excluding hydrogens is 247 g/mol. The summed E-state index contributed by atoms with van der Waals surface area (Å²) in [5, 5.41) is 0. The molecule has 96 valence electrons. The third-order valence-corrected chi connectivity index (χ3v) is 1.94. The number of aromatic nitrogens is 1. The number of pyridine rings is 1. The predicted octanol–water partition coefficient (Wildman–Crippen LogP) is 2.92. The lowest BCUT2D eigenvalue weighted by molar-refractivity contribution is -0.141. The Hall–Kier alpha value is -2.11. The van der Waals surface area contributed by atoms with Gasteiger partial charge in [-0.25, -0.2) is 9.78 Å². The normalized spacial score (nSPS) is 10.8. The van der Waals surface area contributed by atoms with Gasteiger partial charge in [-0.2, -0.15) is 13.2 Å². The first-order valence-electron chi connectivity index (χ1n) is 4.90. The highest BCUT2D eigenvalue weighted by Gasteiger charge is 2.33. The fourth-order valence-electron chi connectivity index (χ4n) is 1.17. The van der Waals surface area contributed by atoms with Crippen LogP contribution < -0.4 is 4.74 Å². The third-order valence-electron chi connectivity index (χ3n) is 1.94. The molecule has 1 aromatic heterocycles. The second-order valence-corrected chi connectivity index (χ2v) is 3.26. The van der Waals surface area contributed by atoms with Gasteiger partial charge < -0.3 is 4.74 Å². The lowest BCUT2D eigenvalue weighted by Gasteiger charge is -2.10. The SMILES string of the molecule is C=CCc1nc(C(F)(F)F)ccc1OC(=O)C=C. The van der Waals surface area contributed by atoms with Gasteiger partial charge in [-0.1, -0.05) is 12.7 Å². The number of allylic oxidation sites excluding steroid dienone is 1. The lowest BCUT2D eigenvalue weighted by Crippen LogP contribution is -2.12. The summed E-state index contributed by atoms with van der Waals surface area (Å²) in [7, 11) is 0. The number of nitrogens with zero attached hydrogens (tertiary/aromatic N) is 1. The van der Waals surface area contributed by atoms with Crippen LogP contribution in [0.5, 0.6) is 5.75 Å². The molecule has 0 saturated heterocycles. The van der Waals surface area contributed by atoms with Crippen molar-refractivity contribution < 1.29 is 22.7 Å². The Kier molecular flexibility index (Phi) is 4.25. The van der Waals surface area contributed by atoms with Gasteiger partial charge in [0.15, 0.2) is 5.75 Å². The van der Waals surface area contributed by atoms with E-state index in [1.807, 2.05) is 0 Å². The van der Waals surface area contributed by atoms with Crippen molar-refractivity contribution in [1.29, 1.82) is 0 Å². The molecule has 0 unspecified atom stereocenters. The topological polar surface area (TPSA) is 39.2 Å². The van der Waals surface area contributed by atoms with Crippen molar-refractivity contribution in [1.82, 2.24) is 4.98 Å². The van der Waals surface area contributed by atoms with Gasteiger partial charge >= 0.3 is 12.1 Å². The van der Waals surface area contributed by atoms with Gasteiger partial charge in [0.05, 0.1) is 5.69 Å². The van der Waals surface area contributed by atoms with Crippen molar-refractivity contribution in [2.75, 3.05) is 0 Å². The van der Waals surface area contributed by atoms with E-state index in [1.165, 1.54) is 6.08 Å². The smallest absolute Gasteiger partial charge is 0.421 e. The van der Waals surface area contributed by atoms with E-state index in [-0.39, 0.29) is 17.9 Å². The van der Waals surface area contributed by atoms with Crippen molar-refractivity contribution in [2.24, 2.45) is 0 Å². The predicted molar refractivity (Wildman–Crippen MR) is 59.0 cm³/mol. The molecule has 18 heavy (non-hydrogen) atoms. The standard InChI is InChI=1S/C12H10F3NO2/c1-3-5-8-9(18-11(17)4-2)6-7-10(16-8)12(13,14)15/h3-4,6-7H,1-2,5H2. The largest absolute Gasteiger partial charge is 0.433 e. The Labute approximate surface area is 102 Å². The van der Waals surface area contributed by atoms with E-state index in [0.29, 0.717) is 0 Å². The van der Waals surface area contributed by atoms with Gasteiger partial charge in [-0.05, 0) is 12.1 Å². The van der Waals surface area contributed by atoms with Crippen LogP contribution in [0, 0.1) is 0 Å². The zero-order chi connectivity index (χ0) is 13.8. The first kappa shape index (κ1) is 14.0. The van der Waals surface area contributed by atoms with Crippen molar-refractivity contribution in [3.63, 3.8) is 0 Å². The zero-order valence-corrected chi connectivity index (χ0v) is 9.33. The number of rotatable bonds is 4. The second-order valence-electron chi connectivity index (χ2n) is 3.26. The first-order chi connectivity index (χ1) is 8.38. The average molecular weight is 257 g/mol. The number of esters is 1. The summed E-state index contributed by atoms with van der Waals surface area (Å²) in [6, 6.07) is 1.80.